The third kappa shape index (κ3) is 5.48. The highest BCUT2D eigenvalue weighted by molar-refractivity contribution is 6.62. The first-order valence-electron chi connectivity index (χ1n) is 10.0. The fourth-order valence-corrected chi connectivity index (χ4v) is 3.37. The fourth-order valence-electron chi connectivity index (χ4n) is 3.10. The largest absolute Gasteiger partial charge is 0.495 e. The molecular formula is C23H30BClN2O4. The number of para-hydroxylation sites is 1. The molecule has 0 saturated carbocycles. The number of hydrogen-bond acceptors (Lipinski definition) is 4. The van der Waals surface area contributed by atoms with Gasteiger partial charge >= 0.3 is 7.12 Å². The minimum absolute atomic E-state index is 0.364. The molecular weight excluding hydrogens is 415 g/mol. The standard InChI is InChI=1S/C15H22BNO3.C8H8ClNO/c1-11-12(8-7-9-13(11)17(6)10-18)16-19-14(2,3)15(4,5)20-16;1-10(6-11)8-5-3-2-4-7(8)9/h7-10H,1-6H3;2-6H,1H3. The maximum absolute atomic E-state index is 11.0. The lowest BCUT2D eigenvalue weighted by Crippen LogP contribution is -2.41. The fraction of sp³-hybridized carbons (Fsp3) is 0.391. The van der Waals surface area contributed by atoms with E-state index in [1.807, 2.05) is 65.0 Å². The molecule has 8 heteroatoms. The Morgan fingerprint density at radius 3 is 1.84 bits per heavy atom. The smallest absolute Gasteiger partial charge is 0.399 e. The summed E-state index contributed by atoms with van der Waals surface area (Å²) in [4.78, 5) is 24.3. The summed E-state index contributed by atoms with van der Waals surface area (Å²) in [7, 11) is 3.00. The Morgan fingerprint density at radius 2 is 1.32 bits per heavy atom. The van der Waals surface area contributed by atoms with Gasteiger partial charge in [0.25, 0.3) is 0 Å². The lowest BCUT2D eigenvalue weighted by Gasteiger charge is -2.32. The van der Waals surface area contributed by atoms with Crippen LogP contribution in [0.2, 0.25) is 5.02 Å². The summed E-state index contributed by atoms with van der Waals surface area (Å²) in [6, 6.07) is 13.0. The van der Waals surface area contributed by atoms with Crippen LogP contribution in [0.3, 0.4) is 0 Å². The Hall–Kier alpha value is -2.35. The number of anilines is 2. The van der Waals surface area contributed by atoms with Gasteiger partial charge < -0.3 is 19.1 Å². The van der Waals surface area contributed by atoms with Gasteiger partial charge in [-0.25, -0.2) is 0 Å². The molecule has 1 saturated heterocycles. The van der Waals surface area contributed by atoms with Crippen LogP contribution in [0.15, 0.2) is 42.5 Å². The normalized spacial score (nSPS) is 16.2. The Balaban J connectivity index is 0.000000262. The topological polar surface area (TPSA) is 59.1 Å². The first-order valence-corrected chi connectivity index (χ1v) is 10.4. The Morgan fingerprint density at radius 1 is 0.839 bits per heavy atom. The quantitative estimate of drug-likeness (QED) is 0.520. The molecule has 1 heterocycles. The summed E-state index contributed by atoms with van der Waals surface area (Å²) in [6.07, 6.45) is 1.53. The van der Waals surface area contributed by atoms with Gasteiger partial charge in [0.05, 0.1) is 21.9 Å². The minimum atomic E-state index is -0.403. The molecule has 0 atom stereocenters. The summed E-state index contributed by atoms with van der Waals surface area (Å²) in [6.45, 7) is 10.1. The van der Waals surface area contributed by atoms with Crippen LogP contribution in [0.25, 0.3) is 0 Å². The van der Waals surface area contributed by atoms with Gasteiger partial charge in [-0.3, -0.25) is 9.59 Å². The van der Waals surface area contributed by atoms with Crippen molar-refractivity contribution in [1.29, 1.82) is 0 Å². The third-order valence-electron chi connectivity index (χ3n) is 5.78. The number of rotatable bonds is 5. The van der Waals surface area contributed by atoms with Crippen LogP contribution in [0.4, 0.5) is 11.4 Å². The van der Waals surface area contributed by atoms with Gasteiger partial charge in [0.2, 0.25) is 12.8 Å². The second kappa shape index (κ2) is 9.85. The highest BCUT2D eigenvalue weighted by Crippen LogP contribution is 2.37. The molecule has 1 aliphatic rings. The monoisotopic (exact) mass is 444 g/mol. The SMILES string of the molecule is CN(C=O)c1ccccc1Cl.Cc1c(B2OC(C)(C)C(C)(C)O2)cccc1N(C)C=O. The molecule has 3 rings (SSSR count). The van der Waals surface area contributed by atoms with Crippen molar-refractivity contribution >= 4 is 48.4 Å². The van der Waals surface area contributed by atoms with E-state index in [1.54, 1.807) is 31.1 Å². The molecule has 31 heavy (non-hydrogen) atoms. The van der Waals surface area contributed by atoms with Gasteiger partial charge in [-0.15, -0.1) is 0 Å². The lowest BCUT2D eigenvalue weighted by atomic mass is 9.76. The van der Waals surface area contributed by atoms with E-state index in [2.05, 4.69) is 0 Å². The highest BCUT2D eigenvalue weighted by Gasteiger charge is 2.52. The molecule has 2 aromatic carbocycles. The molecule has 1 fully saturated rings. The third-order valence-corrected chi connectivity index (χ3v) is 6.10. The molecule has 6 nitrogen and oxygen atoms in total. The van der Waals surface area contributed by atoms with E-state index in [4.69, 9.17) is 20.9 Å². The van der Waals surface area contributed by atoms with Crippen LogP contribution in [0, 0.1) is 6.92 Å². The summed E-state index contributed by atoms with van der Waals surface area (Å²) in [5, 5.41) is 0.585. The van der Waals surface area contributed by atoms with Crippen molar-refractivity contribution in [1.82, 2.24) is 0 Å². The number of halogens is 1. The van der Waals surface area contributed by atoms with Gasteiger partial charge in [-0.2, -0.15) is 0 Å². The second-order valence-electron chi connectivity index (χ2n) is 8.46. The van der Waals surface area contributed by atoms with Gasteiger partial charge in [-0.1, -0.05) is 35.9 Å². The van der Waals surface area contributed by atoms with Crippen LogP contribution < -0.4 is 15.3 Å². The number of carbonyl (C=O) groups is 2. The molecule has 1 aliphatic heterocycles. The van der Waals surface area contributed by atoms with Crippen molar-refractivity contribution in [3.8, 4) is 0 Å². The zero-order chi connectivity index (χ0) is 23.4. The molecule has 166 valence electrons. The number of nitrogens with zero attached hydrogens (tertiary/aromatic N) is 2. The Kier molecular flexibility index (Phi) is 7.92. The summed E-state index contributed by atoms with van der Waals surface area (Å²) >= 11 is 5.80. The van der Waals surface area contributed by atoms with E-state index in [9.17, 15) is 9.59 Å². The molecule has 0 N–H and O–H groups in total. The zero-order valence-corrected chi connectivity index (χ0v) is 19.9. The predicted molar refractivity (Wildman–Crippen MR) is 127 cm³/mol. The van der Waals surface area contributed by atoms with Gasteiger partial charge in [-0.05, 0) is 63.8 Å². The number of amides is 2. The maximum Gasteiger partial charge on any atom is 0.495 e. The van der Waals surface area contributed by atoms with Crippen molar-refractivity contribution in [3.63, 3.8) is 0 Å². The van der Waals surface area contributed by atoms with Crippen LogP contribution in [-0.4, -0.2) is 45.2 Å². The van der Waals surface area contributed by atoms with E-state index in [0.29, 0.717) is 5.02 Å². The van der Waals surface area contributed by atoms with E-state index in [-0.39, 0.29) is 11.2 Å². The summed E-state index contributed by atoms with van der Waals surface area (Å²) in [5.74, 6) is 0. The highest BCUT2D eigenvalue weighted by atomic mass is 35.5. The molecule has 2 aromatic rings. The average molecular weight is 445 g/mol. The minimum Gasteiger partial charge on any atom is -0.399 e. The van der Waals surface area contributed by atoms with Crippen molar-refractivity contribution < 1.29 is 18.9 Å². The first kappa shape index (κ1) is 24.9. The van der Waals surface area contributed by atoms with Gasteiger partial charge in [0, 0.05) is 19.8 Å². The number of carbonyl (C=O) groups excluding carboxylic acids is 2. The van der Waals surface area contributed by atoms with Gasteiger partial charge in [0.1, 0.15) is 0 Å². The van der Waals surface area contributed by atoms with Crippen LogP contribution >= 0.6 is 11.6 Å². The maximum atomic E-state index is 11.0. The molecule has 2 amide bonds. The first-order chi connectivity index (χ1) is 14.4. The predicted octanol–water partition coefficient (Wildman–Crippen LogP) is 3.82. The molecule has 0 aromatic heterocycles. The second-order valence-corrected chi connectivity index (χ2v) is 8.87. The zero-order valence-electron chi connectivity index (χ0n) is 19.2. The van der Waals surface area contributed by atoms with Crippen LogP contribution in [0.5, 0.6) is 0 Å². The number of benzene rings is 2. The molecule has 0 spiro atoms. The van der Waals surface area contributed by atoms with Crippen molar-refractivity contribution in [3.05, 3.63) is 53.1 Å². The van der Waals surface area contributed by atoms with E-state index in [0.717, 1.165) is 35.2 Å². The Bertz CT molecular complexity index is 920. The van der Waals surface area contributed by atoms with E-state index >= 15 is 0 Å². The van der Waals surface area contributed by atoms with Crippen molar-refractivity contribution in [2.75, 3.05) is 23.9 Å². The summed E-state index contributed by atoms with van der Waals surface area (Å²) in [5.41, 5.74) is 2.83. The molecule has 0 radical (unpaired) electrons. The molecule has 0 aliphatic carbocycles. The van der Waals surface area contributed by atoms with Crippen molar-refractivity contribution in [2.24, 2.45) is 0 Å². The number of hydrogen-bond donors (Lipinski definition) is 0. The molecule has 0 unspecified atom stereocenters. The molecule has 0 bridgehead atoms. The lowest BCUT2D eigenvalue weighted by molar-refractivity contribution is -0.107. The summed E-state index contributed by atoms with van der Waals surface area (Å²) < 4.78 is 12.1. The van der Waals surface area contributed by atoms with Crippen LogP contribution in [0.1, 0.15) is 33.3 Å². The van der Waals surface area contributed by atoms with Crippen molar-refractivity contribution in [2.45, 2.75) is 45.8 Å². The van der Waals surface area contributed by atoms with Crippen LogP contribution in [-0.2, 0) is 18.9 Å². The average Bonchev–Trinajstić information content (AvgIpc) is 2.94. The van der Waals surface area contributed by atoms with E-state index < -0.39 is 7.12 Å². The van der Waals surface area contributed by atoms with E-state index in [1.165, 1.54) is 4.90 Å². The Labute approximate surface area is 190 Å². The van der Waals surface area contributed by atoms with Gasteiger partial charge in [0.15, 0.2) is 0 Å².